The lowest BCUT2D eigenvalue weighted by Gasteiger charge is -2.53. The zero-order valence-electron chi connectivity index (χ0n) is 29.3. The predicted molar refractivity (Wildman–Crippen MR) is 184 cm³/mol. The van der Waals surface area contributed by atoms with Crippen LogP contribution in [0.25, 0.3) is 0 Å². The first-order chi connectivity index (χ1) is 23.3. The molecular weight excluding hydrogens is 649 g/mol. The van der Waals surface area contributed by atoms with Crippen molar-refractivity contribution in [1.29, 1.82) is 0 Å². The van der Waals surface area contributed by atoms with Crippen molar-refractivity contribution in [2.75, 3.05) is 39.6 Å². The summed E-state index contributed by atoms with van der Waals surface area (Å²) in [7, 11) is -5.47. The Morgan fingerprint density at radius 1 is 0.521 bits per heavy atom. The summed E-state index contributed by atoms with van der Waals surface area (Å²) < 4.78 is 47.8. The Labute approximate surface area is 287 Å². The zero-order valence-corrected chi connectivity index (χ0v) is 31.3. The summed E-state index contributed by atoms with van der Waals surface area (Å²) in [6, 6.07) is 13.7. The fraction of sp³-hybridized carbons (Fsp3) is 0.611. The first-order valence-electron chi connectivity index (χ1n) is 17.8. The van der Waals surface area contributed by atoms with Crippen molar-refractivity contribution in [1.82, 2.24) is 0 Å². The summed E-state index contributed by atoms with van der Waals surface area (Å²) in [6.45, 7) is 15.0. The lowest BCUT2D eigenvalue weighted by atomic mass is 9.51. The molecule has 1 saturated carbocycles. The van der Waals surface area contributed by atoms with Crippen molar-refractivity contribution in [3.8, 4) is 11.5 Å². The van der Waals surface area contributed by atoms with E-state index in [0.29, 0.717) is 63.2 Å². The molecule has 0 saturated heterocycles. The molecule has 5 rings (SSSR count). The number of hydrogen-bond acceptors (Lipinski definition) is 10. The maximum Gasteiger partial charge on any atom is 0.500 e. The topological polar surface area (TPSA) is 108 Å². The van der Waals surface area contributed by atoms with Gasteiger partial charge in [0.1, 0.15) is 11.5 Å². The molecule has 48 heavy (non-hydrogen) atoms. The van der Waals surface area contributed by atoms with Gasteiger partial charge in [-0.15, -0.1) is 0 Å². The minimum atomic E-state index is -2.73. The van der Waals surface area contributed by atoms with Crippen LogP contribution in [0.4, 0.5) is 0 Å². The van der Waals surface area contributed by atoms with Crippen LogP contribution in [0.1, 0.15) is 88.5 Å². The van der Waals surface area contributed by atoms with Crippen LogP contribution in [0.2, 0.25) is 12.1 Å². The SMILES string of the molecule is CCO[Si](CCCc1ccc2c(c1)OC(=O)[C@@H]1[C@H]3C(=O)Oc4cc(CCC[Si](OCC)(OCC)OCC)ccc4[C@H]3[C@H]21)(OCC)OCC. The molecule has 0 N–H and O–H groups in total. The third-order valence-corrected chi connectivity index (χ3v) is 15.8. The average Bonchev–Trinajstić information content (AvgIpc) is 3.03. The first-order valence-corrected chi connectivity index (χ1v) is 21.7. The number of benzene rings is 2. The lowest BCUT2D eigenvalue weighted by Crippen LogP contribution is -2.57. The van der Waals surface area contributed by atoms with Gasteiger partial charge in [-0.1, -0.05) is 24.3 Å². The summed E-state index contributed by atoms with van der Waals surface area (Å²) in [5.74, 6) is -0.905. The summed E-state index contributed by atoms with van der Waals surface area (Å²) in [5.41, 5.74) is 4.09. The van der Waals surface area contributed by atoms with Crippen molar-refractivity contribution in [2.45, 2.75) is 91.1 Å². The van der Waals surface area contributed by atoms with E-state index in [1.165, 1.54) is 0 Å². The molecule has 1 fully saturated rings. The molecule has 2 aromatic rings. The van der Waals surface area contributed by atoms with E-state index in [0.717, 1.165) is 47.9 Å². The summed E-state index contributed by atoms with van der Waals surface area (Å²) >= 11 is 0. The van der Waals surface area contributed by atoms with Crippen LogP contribution < -0.4 is 9.47 Å². The predicted octanol–water partition coefficient (Wildman–Crippen LogP) is 6.60. The van der Waals surface area contributed by atoms with Crippen LogP contribution in [0.15, 0.2) is 36.4 Å². The molecule has 0 unspecified atom stereocenters. The van der Waals surface area contributed by atoms with Gasteiger partial charge in [-0.25, -0.2) is 0 Å². The number of esters is 2. The Morgan fingerprint density at radius 3 is 1.17 bits per heavy atom. The number of rotatable bonds is 20. The Balaban J connectivity index is 1.29. The summed E-state index contributed by atoms with van der Waals surface area (Å²) in [6.07, 6.45) is 3.19. The van der Waals surface area contributed by atoms with Gasteiger partial charge < -0.3 is 36.0 Å². The van der Waals surface area contributed by atoms with Gasteiger partial charge in [0, 0.05) is 63.6 Å². The minimum Gasteiger partial charge on any atom is -0.426 e. The van der Waals surface area contributed by atoms with Gasteiger partial charge in [-0.05, 0) is 102 Å². The first kappa shape index (κ1) is 36.8. The molecule has 2 aromatic carbocycles. The number of fused-ring (bicyclic) bond motifs is 8. The van der Waals surface area contributed by atoms with E-state index in [9.17, 15) is 9.59 Å². The smallest absolute Gasteiger partial charge is 0.426 e. The highest BCUT2D eigenvalue weighted by Gasteiger charge is 2.64. The number of ether oxygens (including phenoxy) is 2. The second kappa shape index (κ2) is 16.5. The van der Waals surface area contributed by atoms with Gasteiger partial charge in [-0.2, -0.15) is 0 Å². The molecule has 264 valence electrons. The van der Waals surface area contributed by atoms with Gasteiger partial charge in [0.15, 0.2) is 0 Å². The molecule has 2 heterocycles. The molecule has 0 amide bonds. The molecule has 3 aliphatic rings. The van der Waals surface area contributed by atoms with E-state index < -0.39 is 29.4 Å². The van der Waals surface area contributed by atoms with E-state index in [1.807, 2.05) is 53.7 Å². The second-order valence-electron chi connectivity index (χ2n) is 12.4. The number of carbonyl (C=O) groups excluding carboxylic acids is 2. The molecular formula is C36H52O10Si2. The van der Waals surface area contributed by atoms with E-state index in [-0.39, 0.29) is 23.8 Å². The molecule has 10 nitrogen and oxygen atoms in total. The van der Waals surface area contributed by atoms with Crippen LogP contribution in [-0.4, -0.2) is 69.2 Å². The van der Waals surface area contributed by atoms with Gasteiger partial charge >= 0.3 is 29.5 Å². The zero-order chi connectivity index (χ0) is 34.3. The maximum absolute atomic E-state index is 13.3. The van der Waals surface area contributed by atoms with E-state index in [2.05, 4.69) is 24.3 Å². The van der Waals surface area contributed by atoms with Crippen LogP contribution in [-0.2, 0) is 49.0 Å². The Kier molecular flexibility index (Phi) is 12.7. The second-order valence-corrected chi connectivity index (χ2v) is 17.8. The highest BCUT2D eigenvalue weighted by Crippen LogP contribution is 2.64. The van der Waals surface area contributed by atoms with Gasteiger partial charge in [0.05, 0.1) is 11.8 Å². The molecule has 4 atom stereocenters. The largest absolute Gasteiger partial charge is 0.500 e. The molecule has 0 aromatic heterocycles. The quantitative estimate of drug-likeness (QED) is 0.0852. The van der Waals surface area contributed by atoms with Gasteiger partial charge in [0.2, 0.25) is 0 Å². The van der Waals surface area contributed by atoms with Crippen molar-refractivity contribution in [3.05, 3.63) is 58.7 Å². The molecule has 12 heteroatoms. The van der Waals surface area contributed by atoms with Crippen molar-refractivity contribution in [2.24, 2.45) is 11.8 Å². The van der Waals surface area contributed by atoms with Crippen LogP contribution in [0, 0.1) is 11.8 Å². The highest BCUT2D eigenvalue weighted by atomic mass is 28.4. The summed E-state index contributed by atoms with van der Waals surface area (Å²) in [4.78, 5) is 26.6. The average molecular weight is 701 g/mol. The Hall–Kier alpha value is -2.43. The number of aryl methyl sites for hydroxylation is 2. The van der Waals surface area contributed by atoms with Gasteiger partial charge in [-0.3, -0.25) is 9.59 Å². The van der Waals surface area contributed by atoms with Crippen LogP contribution in [0.5, 0.6) is 11.5 Å². The fourth-order valence-electron chi connectivity index (χ4n) is 7.68. The van der Waals surface area contributed by atoms with Crippen LogP contribution in [0.3, 0.4) is 0 Å². The molecule has 0 radical (unpaired) electrons. The Morgan fingerprint density at radius 2 is 0.854 bits per heavy atom. The third kappa shape index (κ3) is 7.66. The lowest BCUT2D eigenvalue weighted by molar-refractivity contribution is -0.165. The molecule has 0 bridgehead atoms. The summed E-state index contributed by atoms with van der Waals surface area (Å²) in [5, 5.41) is 0. The monoisotopic (exact) mass is 700 g/mol. The standard InChI is InChI=1S/C36H52O10Si2/c1-7-39-47(40-8-2,41-9-3)21-13-15-25-17-19-27-29(23-25)45-35(37)33-31(27)32-28-20-18-26(24-30(28)46-36(38)34(32)33)16-14-22-48(42-10-4,43-11-5)44-12-6/h17-20,23-24,31-34H,7-16,21-22H2,1-6H3/t31-,32-,33-,34-/m0/s1. The fourth-order valence-corrected chi connectivity index (χ4v) is 12.9. The van der Waals surface area contributed by atoms with Gasteiger partial charge in [0.25, 0.3) is 0 Å². The number of carbonyl (C=O) groups is 2. The Bertz CT molecular complexity index is 1280. The normalized spacial score (nSPS) is 21.4. The molecule has 1 aliphatic carbocycles. The number of hydrogen-bond donors (Lipinski definition) is 0. The van der Waals surface area contributed by atoms with Crippen molar-refractivity contribution >= 4 is 29.5 Å². The minimum absolute atomic E-state index is 0.137. The van der Waals surface area contributed by atoms with Crippen LogP contribution >= 0.6 is 0 Å². The van der Waals surface area contributed by atoms with E-state index in [1.54, 1.807) is 0 Å². The van der Waals surface area contributed by atoms with Crippen molar-refractivity contribution in [3.63, 3.8) is 0 Å². The van der Waals surface area contributed by atoms with Crippen molar-refractivity contribution < 1.29 is 45.6 Å². The molecule has 0 spiro atoms. The third-order valence-electron chi connectivity index (χ3n) is 9.47. The van der Waals surface area contributed by atoms with E-state index in [4.69, 9.17) is 36.0 Å². The molecule has 2 aliphatic heterocycles. The maximum atomic E-state index is 13.3. The van der Waals surface area contributed by atoms with E-state index >= 15 is 0 Å². The highest BCUT2D eigenvalue weighted by molar-refractivity contribution is 6.61.